The van der Waals surface area contributed by atoms with E-state index in [-0.39, 0.29) is 0 Å². The maximum atomic E-state index is 5.77. The molecule has 0 amide bonds. The Bertz CT molecular complexity index is 502. The van der Waals surface area contributed by atoms with Crippen molar-refractivity contribution in [3.8, 4) is 5.75 Å². The minimum absolute atomic E-state index is 0.788. The van der Waals surface area contributed by atoms with Gasteiger partial charge in [-0.2, -0.15) is 0 Å². The van der Waals surface area contributed by atoms with Crippen molar-refractivity contribution < 1.29 is 4.74 Å². The van der Waals surface area contributed by atoms with Crippen LogP contribution in [0.4, 0.5) is 0 Å². The normalized spacial score (nSPS) is 16.4. The van der Waals surface area contributed by atoms with Gasteiger partial charge < -0.3 is 14.6 Å². The molecule has 0 bridgehead atoms. The van der Waals surface area contributed by atoms with E-state index in [2.05, 4.69) is 14.9 Å². The number of likely N-dealkylation sites (tertiary alicyclic amines) is 1. The minimum Gasteiger partial charge on any atom is -0.493 e. The number of hydrogen-bond acceptors (Lipinski definition) is 3. The fraction of sp³-hybridized carbons (Fsp3) is 0.500. The number of rotatable bonds is 5. The molecule has 18 heavy (non-hydrogen) atoms. The third-order valence-corrected chi connectivity index (χ3v) is 3.48. The van der Waals surface area contributed by atoms with Gasteiger partial charge in [0.05, 0.1) is 24.0 Å². The van der Waals surface area contributed by atoms with E-state index >= 15 is 0 Å². The van der Waals surface area contributed by atoms with Crippen molar-refractivity contribution in [2.45, 2.75) is 19.3 Å². The molecule has 1 aromatic carbocycles. The van der Waals surface area contributed by atoms with Crippen molar-refractivity contribution in [1.29, 1.82) is 0 Å². The molecule has 96 valence electrons. The molecule has 4 nitrogen and oxygen atoms in total. The lowest BCUT2D eigenvalue weighted by Crippen LogP contribution is -2.21. The zero-order valence-corrected chi connectivity index (χ0v) is 10.6. The van der Waals surface area contributed by atoms with Gasteiger partial charge in [-0.15, -0.1) is 0 Å². The second-order valence-electron chi connectivity index (χ2n) is 4.83. The Kier molecular flexibility index (Phi) is 3.46. The fourth-order valence-corrected chi connectivity index (χ4v) is 2.49. The summed E-state index contributed by atoms with van der Waals surface area (Å²) in [6.07, 6.45) is 5.53. The van der Waals surface area contributed by atoms with E-state index in [1.54, 1.807) is 6.33 Å². The Morgan fingerprint density at radius 1 is 1.28 bits per heavy atom. The Morgan fingerprint density at radius 2 is 2.17 bits per heavy atom. The van der Waals surface area contributed by atoms with E-state index in [1.165, 1.54) is 25.9 Å². The summed E-state index contributed by atoms with van der Waals surface area (Å²) >= 11 is 0. The molecule has 2 aromatic rings. The van der Waals surface area contributed by atoms with Gasteiger partial charge in [-0.25, -0.2) is 4.98 Å². The first-order valence-corrected chi connectivity index (χ1v) is 6.70. The summed E-state index contributed by atoms with van der Waals surface area (Å²) in [6, 6.07) is 5.98. The smallest absolute Gasteiger partial charge is 0.121 e. The number of fused-ring (bicyclic) bond motifs is 1. The van der Waals surface area contributed by atoms with E-state index in [0.29, 0.717) is 0 Å². The molecule has 1 saturated heterocycles. The van der Waals surface area contributed by atoms with Gasteiger partial charge in [0.25, 0.3) is 0 Å². The number of hydrogen-bond donors (Lipinski definition) is 1. The second kappa shape index (κ2) is 5.40. The second-order valence-corrected chi connectivity index (χ2v) is 4.83. The molecule has 0 unspecified atom stereocenters. The molecule has 4 heteroatoms. The van der Waals surface area contributed by atoms with Crippen molar-refractivity contribution in [3.05, 3.63) is 24.5 Å². The molecule has 1 aromatic heterocycles. The van der Waals surface area contributed by atoms with Gasteiger partial charge in [0, 0.05) is 12.6 Å². The Labute approximate surface area is 107 Å². The van der Waals surface area contributed by atoms with Gasteiger partial charge in [-0.05, 0) is 44.5 Å². The number of aromatic nitrogens is 2. The molecule has 0 aliphatic carbocycles. The van der Waals surface area contributed by atoms with Crippen molar-refractivity contribution in [3.63, 3.8) is 0 Å². The maximum absolute atomic E-state index is 5.77. The quantitative estimate of drug-likeness (QED) is 0.822. The monoisotopic (exact) mass is 245 g/mol. The Balaban J connectivity index is 1.47. The number of benzene rings is 1. The maximum Gasteiger partial charge on any atom is 0.121 e. The van der Waals surface area contributed by atoms with Crippen LogP contribution in [0.1, 0.15) is 19.3 Å². The first-order valence-electron chi connectivity index (χ1n) is 6.70. The number of imidazole rings is 1. The number of ether oxygens (including phenoxy) is 1. The van der Waals surface area contributed by atoms with Gasteiger partial charge in [-0.3, -0.25) is 0 Å². The SMILES string of the molecule is c1nc2ccc(OCCCN3CCCC3)cc2[nH]1. The first-order chi connectivity index (χ1) is 8.92. The van der Waals surface area contributed by atoms with E-state index in [4.69, 9.17) is 4.74 Å². The van der Waals surface area contributed by atoms with Crippen molar-refractivity contribution in [2.24, 2.45) is 0 Å². The van der Waals surface area contributed by atoms with Gasteiger partial charge in [0.2, 0.25) is 0 Å². The number of H-pyrrole nitrogens is 1. The predicted molar refractivity (Wildman–Crippen MR) is 71.9 cm³/mol. The molecule has 1 aliphatic rings. The largest absolute Gasteiger partial charge is 0.493 e. The molecule has 1 N–H and O–H groups in total. The summed E-state index contributed by atoms with van der Waals surface area (Å²) in [7, 11) is 0. The van der Waals surface area contributed by atoms with Crippen LogP contribution in [0.3, 0.4) is 0 Å². The van der Waals surface area contributed by atoms with Crippen LogP contribution in [0.5, 0.6) is 5.75 Å². The van der Waals surface area contributed by atoms with Crippen LogP contribution >= 0.6 is 0 Å². The summed E-state index contributed by atoms with van der Waals surface area (Å²) in [5.41, 5.74) is 2.02. The van der Waals surface area contributed by atoms with Crippen LogP contribution in [0.25, 0.3) is 11.0 Å². The lowest BCUT2D eigenvalue weighted by atomic mass is 10.3. The zero-order chi connectivity index (χ0) is 12.2. The lowest BCUT2D eigenvalue weighted by molar-refractivity contribution is 0.263. The molecule has 3 rings (SSSR count). The molecule has 1 aliphatic heterocycles. The highest BCUT2D eigenvalue weighted by atomic mass is 16.5. The minimum atomic E-state index is 0.788. The summed E-state index contributed by atoms with van der Waals surface area (Å²) in [5, 5.41) is 0. The zero-order valence-electron chi connectivity index (χ0n) is 10.6. The Morgan fingerprint density at radius 3 is 3.06 bits per heavy atom. The van der Waals surface area contributed by atoms with Gasteiger partial charge in [-0.1, -0.05) is 0 Å². The van der Waals surface area contributed by atoms with Crippen LogP contribution in [0, 0.1) is 0 Å². The standard InChI is InChI=1S/C14H19N3O/c1-2-7-17(6-1)8-3-9-18-12-4-5-13-14(10-12)16-11-15-13/h4-5,10-11H,1-3,6-9H2,(H,15,16). The van der Waals surface area contributed by atoms with E-state index in [0.717, 1.165) is 36.4 Å². The average Bonchev–Trinajstić information content (AvgIpc) is 3.05. The summed E-state index contributed by atoms with van der Waals surface area (Å²) in [6.45, 7) is 4.47. The van der Waals surface area contributed by atoms with Gasteiger partial charge in [0.1, 0.15) is 5.75 Å². The topological polar surface area (TPSA) is 41.1 Å². The molecule has 0 atom stereocenters. The van der Waals surface area contributed by atoms with Crippen LogP contribution in [-0.2, 0) is 0 Å². The average molecular weight is 245 g/mol. The highest BCUT2D eigenvalue weighted by Crippen LogP contribution is 2.17. The van der Waals surface area contributed by atoms with E-state index in [1.807, 2.05) is 18.2 Å². The van der Waals surface area contributed by atoms with Crippen LogP contribution in [0.2, 0.25) is 0 Å². The molecule has 0 radical (unpaired) electrons. The number of aromatic amines is 1. The third-order valence-electron chi connectivity index (χ3n) is 3.48. The van der Waals surface area contributed by atoms with Crippen molar-refractivity contribution in [2.75, 3.05) is 26.2 Å². The van der Waals surface area contributed by atoms with E-state index < -0.39 is 0 Å². The number of nitrogens with one attached hydrogen (secondary N) is 1. The van der Waals surface area contributed by atoms with Crippen LogP contribution in [-0.4, -0.2) is 41.1 Å². The number of nitrogens with zero attached hydrogens (tertiary/aromatic N) is 2. The Hall–Kier alpha value is -1.55. The molecule has 2 heterocycles. The van der Waals surface area contributed by atoms with Crippen LogP contribution in [0.15, 0.2) is 24.5 Å². The fourth-order valence-electron chi connectivity index (χ4n) is 2.49. The highest BCUT2D eigenvalue weighted by Gasteiger charge is 2.10. The molecular formula is C14H19N3O. The molecule has 0 saturated carbocycles. The summed E-state index contributed by atoms with van der Waals surface area (Å²) in [4.78, 5) is 9.80. The summed E-state index contributed by atoms with van der Waals surface area (Å²) < 4.78 is 5.77. The molecule has 0 spiro atoms. The lowest BCUT2D eigenvalue weighted by Gasteiger charge is -2.14. The molecular weight excluding hydrogens is 226 g/mol. The van der Waals surface area contributed by atoms with Crippen LogP contribution < -0.4 is 4.74 Å². The summed E-state index contributed by atoms with van der Waals surface area (Å²) in [5.74, 6) is 0.924. The van der Waals surface area contributed by atoms with Gasteiger partial charge >= 0.3 is 0 Å². The molecule has 1 fully saturated rings. The van der Waals surface area contributed by atoms with Crippen molar-refractivity contribution in [1.82, 2.24) is 14.9 Å². The van der Waals surface area contributed by atoms with Crippen molar-refractivity contribution >= 4 is 11.0 Å². The first kappa shape index (κ1) is 11.5. The predicted octanol–water partition coefficient (Wildman–Crippen LogP) is 2.43. The van der Waals surface area contributed by atoms with Gasteiger partial charge in [0.15, 0.2) is 0 Å². The third kappa shape index (κ3) is 2.64. The highest BCUT2D eigenvalue weighted by molar-refractivity contribution is 5.75. The van der Waals surface area contributed by atoms with E-state index in [9.17, 15) is 0 Å².